The van der Waals surface area contributed by atoms with Crippen LogP contribution in [0.1, 0.15) is 11.1 Å². The molecule has 0 spiro atoms. The lowest BCUT2D eigenvalue weighted by Gasteiger charge is -2.06. The predicted molar refractivity (Wildman–Crippen MR) is 119 cm³/mol. The lowest BCUT2D eigenvalue weighted by atomic mass is 10.2. The average molecular weight is 417 g/mol. The Morgan fingerprint density at radius 2 is 0.962 bits per heavy atom. The molecule has 0 saturated heterocycles. The van der Waals surface area contributed by atoms with Gasteiger partial charge in [0.2, 0.25) is 0 Å². The number of methoxy groups -OCH3 is 2. The van der Waals surface area contributed by atoms with Crippen LogP contribution in [0.3, 0.4) is 0 Å². The van der Waals surface area contributed by atoms with E-state index in [1.807, 2.05) is 71.3 Å². The fourth-order valence-corrected chi connectivity index (χ4v) is 7.38. The third kappa shape index (κ3) is 3.83. The molecule has 0 fully saturated rings. The molecule has 0 radical (unpaired) electrons. The molecule has 2 aromatic rings. The van der Waals surface area contributed by atoms with Gasteiger partial charge in [-0.2, -0.15) is 0 Å². The Balaban J connectivity index is 1.45. The second-order valence-electron chi connectivity index (χ2n) is 5.44. The summed E-state index contributed by atoms with van der Waals surface area (Å²) in [6.45, 7) is 0. The minimum Gasteiger partial charge on any atom is -0.497 e. The van der Waals surface area contributed by atoms with Crippen molar-refractivity contribution in [2.45, 2.75) is 0 Å². The van der Waals surface area contributed by atoms with Crippen molar-refractivity contribution in [1.29, 1.82) is 0 Å². The molecule has 2 aliphatic rings. The predicted octanol–water partition coefficient (Wildman–Crippen LogP) is 7.09. The highest BCUT2D eigenvalue weighted by atomic mass is 32.2. The summed E-state index contributed by atoms with van der Waals surface area (Å²) in [6.07, 6.45) is 0. The maximum atomic E-state index is 5.24. The topological polar surface area (TPSA) is 18.5 Å². The Kier molecular flexibility index (Phi) is 5.64. The molecule has 0 unspecified atom stereocenters. The fourth-order valence-electron chi connectivity index (χ4n) is 2.45. The van der Waals surface area contributed by atoms with Crippen molar-refractivity contribution in [2.75, 3.05) is 14.2 Å². The molecule has 0 aliphatic carbocycles. The zero-order valence-electron chi connectivity index (χ0n) is 14.2. The van der Waals surface area contributed by atoms with Crippen molar-refractivity contribution in [3.63, 3.8) is 0 Å². The molecule has 0 atom stereocenters. The minimum absolute atomic E-state index is 0.888. The van der Waals surface area contributed by atoms with E-state index < -0.39 is 0 Å². The van der Waals surface area contributed by atoms with Crippen LogP contribution in [0.4, 0.5) is 0 Å². The summed E-state index contributed by atoms with van der Waals surface area (Å²) < 4.78 is 13.2. The number of hydrogen-bond acceptors (Lipinski definition) is 6. The Hall–Kier alpha value is -1.34. The van der Waals surface area contributed by atoms with Gasteiger partial charge in [0.1, 0.15) is 11.5 Å². The Morgan fingerprint density at radius 1 is 0.577 bits per heavy atom. The van der Waals surface area contributed by atoms with Crippen LogP contribution in [0.15, 0.2) is 67.8 Å². The molecule has 0 amide bonds. The van der Waals surface area contributed by atoms with Gasteiger partial charge in [0.25, 0.3) is 0 Å². The summed E-state index contributed by atoms with van der Waals surface area (Å²) in [7, 11) is 3.39. The van der Waals surface area contributed by atoms with Crippen molar-refractivity contribution >= 4 is 56.9 Å². The summed E-state index contributed by atoms with van der Waals surface area (Å²) in [4.78, 5) is 2.58. The van der Waals surface area contributed by atoms with Crippen molar-refractivity contribution in [3.8, 4) is 11.5 Å². The van der Waals surface area contributed by atoms with E-state index in [0.29, 0.717) is 0 Å². The average Bonchev–Trinajstić information content (AvgIpc) is 3.38. The van der Waals surface area contributed by atoms with Crippen LogP contribution in [-0.2, 0) is 0 Å². The number of rotatable bonds is 4. The molecule has 0 bridgehead atoms. The van der Waals surface area contributed by atoms with Crippen molar-refractivity contribution in [1.82, 2.24) is 0 Å². The molecule has 2 aromatic carbocycles. The summed E-state index contributed by atoms with van der Waals surface area (Å²) in [5.74, 6) is 1.78. The van der Waals surface area contributed by atoms with Crippen LogP contribution < -0.4 is 9.47 Å². The molecule has 132 valence electrons. The molecule has 0 aromatic heterocycles. The second-order valence-corrected chi connectivity index (χ2v) is 9.82. The smallest absolute Gasteiger partial charge is 0.118 e. The van der Waals surface area contributed by atoms with E-state index in [0.717, 1.165) is 11.5 Å². The van der Waals surface area contributed by atoms with Crippen LogP contribution in [0.2, 0.25) is 0 Å². The number of ether oxygens (including phenoxy) is 2. The monoisotopic (exact) mass is 416 g/mol. The highest BCUT2D eigenvalue weighted by Crippen LogP contribution is 2.58. The Labute approximate surface area is 170 Å². The van der Waals surface area contributed by atoms with Gasteiger partial charge in [0.15, 0.2) is 0 Å². The largest absolute Gasteiger partial charge is 0.497 e. The van der Waals surface area contributed by atoms with Gasteiger partial charge in [-0.05, 0) is 46.2 Å². The zero-order valence-corrected chi connectivity index (χ0v) is 17.5. The third-order valence-corrected chi connectivity index (χ3v) is 9.23. The third-order valence-electron chi connectivity index (χ3n) is 3.87. The molecular weight excluding hydrogens is 400 g/mol. The molecule has 2 aliphatic heterocycles. The zero-order chi connectivity index (χ0) is 17.9. The first kappa shape index (κ1) is 18.0. The van der Waals surface area contributed by atoms with Crippen LogP contribution in [0.5, 0.6) is 11.5 Å². The Morgan fingerprint density at radius 3 is 1.31 bits per heavy atom. The quantitative estimate of drug-likeness (QED) is 0.526. The van der Waals surface area contributed by atoms with Crippen LogP contribution >= 0.6 is 47.0 Å². The maximum Gasteiger partial charge on any atom is 0.118 e. The summed E-state index contributed by atoms with van der Waals surface area (Å²) >= 11 is 7.31. The van der Waals surface area contributed by atoms with Crippen molar-refractivity contribution in [3.05, 3.63) is 78.9 Å². The van der Waals surface area contributed by atoms with Crippen LogP contribution in [0.25, 0.3) is 9.81 Å². The minimum atomic E-state index is 0.888. The highest BCUT2D eigenvalue weighted by molar-refractivity contribution is 8.36. The molecule has 26 heavy (non-hydrogen) atoms. The first-order valence-electron chi connectivity index (χ1n) is 7.89. The molecule has 4 rings (SSSR count). The Bertz CT molecular complexity index is 821. The first-order valence-corrected chi connectivity index (χ1v) is 11.3. The molecule has 2 nitrogen and oxygen atoms in total. The van der Waals surface area contributed by atoms with E-state index in [-0.39, 0.29) is 0 Å². The molecular formula is C20H16O2S4. The van der Waals surface area contributed by atoms with E-state index in [9.17, 15) is 0 Å². The van der Waals surface area contributed by atoms with Crippen molar-refractivity contribution in [2.24, 2.45) is 0 Å². The van der Waals surface area contributed by atoms with Gasteiger partial charge in [0.05, 0.1) is 22.7 Å². The SMILES string of the molecule is COc1ccc(C2=CSC(=C3SC=C(c4ccc(OC)cc4)S3)S2)cc1. The lowest BCUT2D eigenvalue weighted by molar-refractivity contribution is 0.414. The normalized spacial score (nSPS) is 19.3. The van der Waals surface area contributed by atoms with E-state index in [2.05, 4.69) is 35.1 Å². The number of benzene rings is 2. The van der Waals surface area contributed by atoms with Gasteiger partial charge in [0, 0.05) is 9.81 Å². The highest BCUT2D eigenvalue weighted by Gasteiger charge is 2.23. The van der Waals surface area contributed by atoms with Gasteiger partial charge < -0.3 is 9.47 Å². The van der Waals surface area contributed by atoms with Gasteiger partial charge >= 0.3 is 0 Å². The van der Waals surface area contributed by atoms with Crippen LogP contribution in [-0.4, -0.2) is 14.2 Å². The maximum absolute atomic E-state index is 5.24. The van der Waals surface area contributed by atoms with Crippen LogP contribution in [0, 0.1) is 0 Å². The van der Waals surface area contributed by atoms with Gasteiger partial charge in [-0.1, -0.05) is 71.3 Å². The van der Waals surface area contributed by atoms with E-state index >= 15 is 0 Å². The molecule has 0 saturated carbocycles. The number of hydrogen-bond donors (Lipinski definition) is 0. The van der Waals surface area contributed by atoms with Crippen molar-refractivity contribution < 1.29 is 9.47 Å². The fraction of sp³-hybridized carbons (Fsp3) is 0.100. The van der Waals surface area contributed by atoms with E-state index in [1.54, 1.807) is 14.2 Å². The molecule has 2 heterocycles. The van der Waals surface area contributed by atoms with E-state index in [4.69, 9.17) is 9.47 Å². The summed E-state index contributed by atoms with van der Waals surface area (Å²) in [6, 6.07) is 16.5. The molecule has 0 N–H and O–H groups in total. The van der Waals surface area contributed by atoms with E-state index in [1.165, 1.54) is 29.4 Å². The van der Waals surface area contributed by atoms with Gasteiger partial charge in [-0.15, -0.1) is 0 Å². The second kappa shape index (κ2) is 8.13. The molecule has 6 heteroatoms. The first-order chi connectivity index (χ1) is 12.8. The number of thioether (sulfide) groups is 4. The lowest BCUT2D eigenvalue weighted by Crippen LogP contribution is -1.83. The summed E-state index contributed by atoms with van der Waals surface area (Å²) in [5, 5.41) is 4.47. The van der Waals surface area contributed by atoms with Gasteiger partial charge in [-0.25, -0.2) is 0 Å². The standard InChI is InChI=1S/C20H16O2S4/c1-21-15-7-3-13(4-8-15)17-11-23-19(25-17)20-24-12-18(26-20)14-5-9-16(22-2)10-6-14/h3-12H,1-2H3. The van der Waals surface area contributed by atoms with Gasteiger partial charge in [-0.3, -0.25) is 0 Å². The summed E-state index contributed by atoms with van der Waals surface area (Å²) in [5.41, 5.74) is 2.46.